The van der Waals surface area contributed by atoms with Crippen molar-refractivity contribution in [3.63, 3.8) is 0 Å². The van der Waals surface area contributed by atoms with Crippen molar-refractivity contribution < 1.29 is 14.7 Å². The highest BCUT2D eigenvalue weighted by Gasteiger charge is 2.09. The standard InChI is InChI=1S/C12H14N2O3/c1-3-11(17)13-7-9-5-4-6-10(16)12(9)14-8(2)15/h3-6,16H,1,7H2,2H3,(H,13,17)(H,14,15). The van der Waals surface area contributed by atoms with E-state index >= 15 is 0 Å². The molecule has 0 atom stereocenters. The SMILES string of the molecule is C=CC(=O)NCc1cccc(O)c1NC(C)=O. The number of amides is 2. The second-order valence-corrected chi connectivity index (χ2v) is 3.41. The molecular formula is C12H14N2O3. The number of para-hydroxylation sites is 1. The van der Waals surface area contributed by atoms with Crippen LogP contribution in [-0.4, -0.2) is 16.9 Å². The first-order chi connectivity index (χ1) is 8.04. The van der Waals surface area contributed by atoms with Crippen molar-refractivity contribution in [3.8, 4) is 5.75 Å². The summed E-state index contributed by atoms with van der Waals surface area (Å²) in [6.45, 7) is 4.88. The van der Waals surface area contributed by atoms with Gasteiger partial charge in [0.05, 0.1) is 5.69 Å². The molecular weight excluding hydrogens is 220 g/mol. The molecule has 0 fully saturated rings. The van der Waals surface area contributed by atoms with Crippen molar-refractivity contribution in [2.45, 2.75) is 13.5 Å². The molecule has 0 unspecified atom stereocenters. The van der Waals surface area contributed by atoms with E-state index in [1.165, 1.54) is 13.0 Å². The summed E-state index contributed by atoms with van der Waals surface area (Å²) in [7, 11) is 0. The van der Waals surface area contributed by atoms with Gasteiger partial charge < -0.3 is 15.7 Å². The quantitative estimate of drug-likeness (QED) is 0.540. The molecule has 5 nitrogen and oxygen atoms in total. The van der Waals surface area contributed by atoms with Crippen LogP contribution in [0, 0.1) is 0 Å². The van der Waals surface area contributed by atoms with Gasteiger partial charge in [0.15, 0.2) is 0 Å². The molecule has 0 aliphatic rings. The maximum absolute atomic E-state index is 11.0. The third kappa shape index (κ3) is 3.64. The zero-order chi connectivity index (χ0) is 12.8. The summed E-state index contributed by atoms with van der Waals surface area (Å²) in [6, 6.07) is 4.80. The van der Waals surface area contributed by atoms with Gasteiger partial charge in [0, 0.05) is 13.5 Å². The van der Waals surface area contributed by atoms with E-state index in [2.05, 4.69) is 17.2 Å². The summed E-state index contributed by atoms with van der Waals surface area (Å²) in [6.07, 6.45) is 1.15. The van der Waals surface area contributed by atoms with Crippen LogP contribution >= 0.6 is 0 Å². The average molecular weight is 234 g/mol. The van der Waals surface area contributed by atoms with E-state index in [4.69, 9.17) is 0 Å². The van der Waals surface area contributed by atoms with Crippen molar-refractivity contribution in [1.82, 2.24) is 5.32 Å². The monoisotopic (exact) mass is 234 g/mol. The normalized spacial score (nSPS) is 9.47. The van der Waals surface area contributed by atoms with Crippen molar-refractivity contribution in [3.05, 3.63) is 36.4 Å². The van der Waals surface area contributed by atoms with Gasteiger partial charge in [0.25, 0.3) is 0 Å². The minimum absolute atomic E-state index is 0.0365. The van der Waals surface area contributed by atoms with E-state index in [0.717, 1.165) is 6.08 Å². The maximum Gasteiger partial charge on any atom is 0.243 e. The Kier molecular flexibility index (Phi) is 4.28. The summed E-state index contributed by atoms with van der Waals surface area (Å²) in [4.78, 5) is 22.0. The number of phenolic OH excluding ortho intramolecular Hbond substituents is 1. The number of hydrogen-bond donors (Lipinski definition) is 3. The van der Waals surface area contributed by atoms with E-state index in [1.807, 2.05) is 0 Å². The molecule has 0 radical (unpaired) electrons. The molecule has 17 heavy (non-hydrogen) atoms. The summed E-state index contributed by atoms with van der Waals surface area (Å²) in [5, 5.41) is 14.7. The van der Waals surface area contributed by atoms with Crippen LogP contribution in [0.25, 0.3) is 0 Å². The number of hydrogen-bond acceptors (Lipinski definition) is 3. The molecule has 1 aromatic rings. The van der Waals surface area contributed by atoms with E-state index in [0.29, 0.717) is 11.3 Å². The van der Waals surface area contributed by atoms with Crippen LogP contribution in [0.4, 0.5) is 5.69 Å². The minimum Gasteiger partial charge on any atom is -0.506 e. The van der Waals surface area contributed by atoms with Gasteiger partial charge in [0.2, 0.25) is 11.8 Å². The van der Waals surface area contributed by atoms with Gasteiger partial charge in [-0.25, -0.2) is 0 Å². The lowest BCUT2D eigenvalue weighted by atomic mass is 10.1. The van der Waals surface area contributed by atoms with Crippen LogP contribution in [0.1, 0.15) is 12.5 Å². The highest BCUT2D eigenvalue weighted by molar-refractivity contribution is 5.91. The lowest BCUT2D eigenvalue weighted by Crippen LogP contribution is -2.21. The summed E-state index contributed by atoms with van der Waals surface area (Å²) < 4.78 is 0. The van der Waals surface area contributed by atoms with Crippen LogP contribution in [0.5, 0.6) is 5.75 Å². The van der Waals surface area contributed by atoms with Gasteiger partial charge in [0.1, 0.15) is 5.75 Å². The van der Waals surface area contributed by atoms with Crippen LogP contribution in [-0.2, 0) is 16.1 Å². The molecule has 0 saturated heterocycles. The number of benzene rings is 1. The van der Waals surface area contributed by atoms with Crippen LogP contribution in [0.3, 0.4) is 0 Å². The Balaban J connectivity index is 2.90. The molecule has 2 amide bonds. The number of phenols is 1. The third-order valence-electron chi connectivity index (χ3n) is 2.07. The Labute approximate surface area is 99.1 Å². The molecule has 0 heterocycles. The van der Waals surface area contributed by atoms with E-state index in [9.17, 15) is 14.7 Å². The maximum atomic E-state index is 11.0. The second-order valence-electron chi connectivity index (χ2n) is 3.41. The number of aromatic hydroxyl groups is 1. The summed E-state index contributed by atoms with van der Waals surface area (Å²) >= 11 is 0. The lowest BCUT2D eigenvalue weighted by Gasteiger charge is -2.11. The molecule has 0 spiro atoms. The van der Waals surface area contributed by atoms with Crippen molar-refractivity contribution in [1.29, 1.82) is 0 Å². The molecule has 0 aliphatic heterocycles. The van der Waals surface area contributed by atoms with E-state index in [1.54, 1.807) is 12.1 Å². The number of rotatable bonds is 4. The first-order valence-electron chi connectivity index (χ1n) is 5.03. The fourth-order valence-electron chi connectivity index (χ4n) is 1.31. The zero-order valence-corrected chi connectivity index (χ0v) is 9.49. The number of carbonyl (C=O) groups excluding carboxylic acids is 2. The average Bonchev–Trinajstić information content (AvgIpc) is 2.29. The minimum atomic E-state index is -0.317. The second kappa shape index (κ2) is 5.69. The fraction of sp³-hybridized carbons (Fsp3) is 0.167. The van der Waals surface area contributed by atoms with Crippen LogP contribution in [0.2, 0.25) is 0 Å². The fourth-order valence-corrected chi connectivity index (χ4v) is 1.31. The molecule has 0 aliphatic carbocycles. The predicted molar refractivity (Wildman–Crippen MR) is 64.5 cm³/mol. The third-order valence-corrected chi connectivity index (χ3v) is 2.07. The van der Waals surface area contributed by atoms with Gasteiger partial charge >= 0.3 is 0 Å². The van der Waals surface area contributed by atoms with Gasteiger partial charge in [-0.2, -0.15) is 0 Å². The smallest absolute Gasteiger partial charge is 0.243 e. The Morgan fingerprint density at radius 3 is 2.76 bits per heavy atom. The Hall–Kier alpha value is -2.30. The zero-order valence-electron chi connectivity index (χ0n) is 9.49. The Morgan fingerprint density at radius 2 is 2.18 bits per heavy atom. The molecule has 1 rings (SSSR count). The highest BCUT2D eigenvalue weighted by atomic mass is 16.3. The molecule has 90 valence electrons. The van der Waals surface area contributed by atoms with Gasteiger partial charge in [-0.05, 0) is 17.7 Å². The molecule has 0 saturated carbocycles. The van der Waals surface area contributed by atoms with Gasteiger partial charge in [-0.15, -0.1) is 0 Å². The van der Waals surface area contributed by atoms with Crippen molar-refractivity contribution >= 4 is 17.5 Å². The van der Waals surface area contributed by atoms with Crippen LogP contribution < -0.4 is 10.6 Å². The van der Waals surface area contributed by atoms with Gasteiger partial charge in [-0.3, -0.25) is 9.59 Å². The Morgan fingerprint density at radius 1 is 1.47 bits per heavy atom. The molecule has 0 aromatic heterocycles. The number of nitrogens with one attached hydrogen (secondary N) is 2. The lowest BCUT2D eigenvalue weighted by molar-refractivity contribution is -0.116. The molecule has 3 N–H and O–H groups in total. The number of anilines is 1. The van der Waals surface area contributed by atoms with E-state index in [-0.39, 0.29) is 24.1 Å². The summed E-state index contributed by atoms with van der Waals surface area (Å²) in [5.41, 5.74) is 0.930. The topological polar surface area (TPSA) is 78.4 Å². The summed E-state index contributed by atoms with van der Waals surface area (Å²) in [5.74, 6) is -0.643. The number of carbonyl (C=O) groups is 2. The first-order valence-corrected chi connectivity index (χ1v) is 5.03. The van der Waals surface area contributed by atoms with Gasteiger partial charge in [-0.1, -0.05) is 18.7 Å². The largest absolute Gasteiger partial charge is 0.506 e. The molecule has 5 heteroatoms. The van der Waals surface area contributed by atoms with Crippen molar-refractivity contribution in [2.24, 2.45) is 0 Å². The highest BCUT2D eigenvalue weighted by Crippen LogP contribution is 2.27. The predicted octanol–water partition coefficient (Wildman–Crippen LogP) is 1.15. The van der Waals surface area contributed by atoms with Crippen LogP contribution in [0.15, 0.2) is 30.9 Å². The molecule has 1 aromatic carbocycles. The van der Waals surface area contributed by atoms with E-state index < -0.39 is 0 Å². The molecule has 0 bridgehead atoms. The first kappa shape index (κ1) is 12.8. The van der Waals surface area contributed by atoms with Crippen molar-refractivity contribution in [2.75, 3.05) is 5.32 Å². The Bertz CT molecular complexity index is 455.